The molecule has 0 spiro atoms. The number of anilines is 1. The van der Waals surface area contributed by atoms with Crippen molar-refractivity contribution in [1.82, 2.24) is 5.32 Å². The molecule has 6 heteroatoms. The summed E-state index contributed by atoms with van der Waals surface area (Å²) in [6.45, 7) is 2.97. The van der Waals surface area contributed by atoms with Gasteiger partial charge in [-0.1, -0.05) is 18.2 Å². The maximum atomic E-state index is 14.1. The number of nitrogens with one attached hydrogen (secondary N) is 1. The molecule has 0 unspecified atom stereocenters. The smallest absolute Gasteiger partial charge is 0.230 e. The van der Waals surface area contributed by atoms with Crippen LogP contribution in [0.25, 0.3) is 0 Å². The van der Waals surface area contributed by atoms with E-state index in [1.165, 1.54) is 18.2 Å². The van der Waals surface area contributed by atoms with Crippen LogP contribution in [0.1, 0.15) is 25.3 Å². The standard InChI is InChI=1S/C20H22F2N2O.ClH/c1-14-12-15(10-11-23-14)20(25)24(18-8-6-17(21)7-9-18)13-16-4-2-3-5-19(16)22;/h2-9,14-15,23H,10-13H2,1H3;1H/t14-,15-;/m0./s1. The molecular weight excluding hydrogens is 358 g/mol. The largest absolute Gasteiger partial charge is 0.314 e. The second-order valence-electron chi connectivity index (χ2n) is 6.57. The molecule has 26 heavy (non-hydrogen) atoms. The van der Waals surface area contributed by atoms with Crippen molar-refractivity contribution in [2.45, 2.75) is 32.4 Å². The summed E-state index contributed by atoms with van der Waals surface area (Å²) in [7, 11) is 0. The molecule has 0 radical (unpaired) electrons. The zero-order valence-corrected chi connectivity index (χ0v) is 15.4. The lowest BCUT2D eigenvalue weighted by Crippen LogP contribution is -2.44. The number of carbonyl (C=O) groups is 1. The normalized spacial score (nSPS) is 19.5. The Morgan fingerprint density at radius 2 is 1.85 bits per heavy atom. The lowest BCUT2D eigenvalue weighted by Gasteiger charge is -2.32. The van der Waals surface area contributed by atoms with Crippen molar-refractivity contribution in [1.29, 1.82) is 0 Å². The van der Waals surface area contributed by atoms with Gasteiger partial charge >= 0.3 is 0 Å². The Balaban J connectivity index is 0.00000243. The lowest BCUT2D eigenvalue weighted by atomic mass is 9.91. The molecule has 140 valence electrons. The Hall–Kier alpha value is -1.98. The first kappa shape index (κ1) is 20.3. The van der Waals surface area contributed by atoms with Crippen LogP contribution in [-0.2, 0) is 11.3 Å². The Bertz CT molecular complexity index is 739. The number of amides is 1. The average molecular weight is 381 g/mol. The van der Waals surface area contributed by atoms with E-state index in [0.29, 0.717) is 11.3 Å². The zero-order chi connectivity index (χ0) is 17.8. The van der Waals surface area contributed by atoms with Crippen LogP contribution in [0, 0.1) is 17.6 Å². The fraction of sp³-hybridized carbons (Fsp3) is 0.350. The monoisotopic (exact) mass is 380 g/mol. The van der Waals surface area contributed by atoms with Crippen molar-refractivity contribution in [2.75, 3.05) is 11.4 Å². The van der Waals surface area contributed by atoms with Crippen LogP contribution >= 0.6 is 12.4 Å². The molecule has 3 rings (SSSR count). The molecule has 1 heterocycles. The van der Waals surface area contributed by atoms with Gasteiger partial charge in [0.15, 0.2) is 0 Å². The van der Waals surface area contributed by atoms with E-state index in [4.69, 9.17) is 0 Å². The van der Waals surface area contributed by atoms with Gasteiger partial charge < -0.3 is 10.2 Å². The van der Waals surface area contributed by atoms with Gasteiger partial charge in [-0.05, 0) is 56.6 Å². The Kier molecular flexibility index (Phi) is 7.12. The molecule has 1 aliphatic rings. The molecule has 0 bridgehead atoms. The van der Waals surface area contributed by atoms with Gasteiger partial charge in [0.2, 0.25) is 5.91 Å². The number of piperidine rings is 1. The van der Waals surface area contributed by atoms with Crippen LogP contribution in [-0.4, -0.2) is 18.5 Å². The predicted molar refractivity (Wildman–Crippen MR) is 101 cm³/mol. The summed E-state index contributed by atoms with van der Waals surface area (Å²) in [5.41, 5.74) is 1.03. The summed E-state index contributed by atoms with van der Waals surface area (Å²) in [4.78, 5) is 14.7. The maximum Gasteiger partial charge on any atom is 0.230 e. The van der Waals surface area contributed by atoms with Gasteiger partial charge in [0.1, 0.15) is 11.6 Å². The molecule has 1 saturated heterocycles. The number of carbonyl (C=O) groups excluding carboxylic acids is 1. The molecule has 0 aromatic heterocycles. The van der Waals surface area contributed by atoms with Crippen LogP contribution in [0.4, 0.5) is 14.5 Å². The highest BCUT2D eigenvalue weighted by Crippen LogP contribution is 2.25. The molecule has 3 nitrogen and oxygen atoms in total. The van der Waals surface area contributed by atoms with E-state index >= 15 is 0 Å². The SMILES string of the molecule is C[C@H]1C[C@@H](C(=O)N(Cc2ccccc2F)c2ccc(F)cc2)CCN1.Cl. The van der Waals surface area contributed by atoms with Crippen molar-refractivity contribution in [3.8, 4) is 0 Å². The molecule has 0 aliphatic carbocycles. The number of nitrogens with zero attached hydrogens (tertiary/aromatic N) is 1. The van der Waals surface area contributed by atoms with Crippen LogP contribution in [0.15, 0.2) is 48.5 Å². The number of hydrogen-bond acceptors (Lipinski definition) is 2. The van der Waals surface area contributed by atoms with Gasteiger partial charge in [-0.2, -0.15) is 0 Å². The number of halogens is 3. The molecule has 2 aromatic rings. The zero-order valence-electron chi connectivity index (χ0n) is 14.6. The van der Waals surface area contributed by atoms with Gasteiger partial charge in [0, 0.05) is 23.2 Å². The first-order valence-corrected chi connectivity index (χ1v) is 8.58. The topological polar surface area (TPSA) is 32.3 Å². The number of benzene rings is 2. The van der Waals surface area contributed by atoms with Gasteiger partial charge in [-0.25, -0.2) is 8.78 Å². The molecule has 1 amide bonds. The summed E-state index contributed by atoms with van der Waals surface area (Å²) in [6, 6.07) is 12.5. The third-order valence-corrected chi connectivity index (χ3v) is 4.66. The van der Waals surface area contributed by atoms with Crippen LogP contribution < -0.4 is 10.2 Å². The van der Waals surface area contributed by atoms with E-state index in [1.54, 1.807) is 35.2 Å². The van der Waals surface area contributed by atoms with E-state index in [2.05, 4.69) is 12.2 Å². The summed E-state index contributed by atoms with van der Waals surface area (Å²) < 4.78 is 27.4. The van der Waals surface area contributed by atoms with E-state index in [9.17, 15) is 13.6 Å². The molecule has 2 aromatic carbocycles. The van der Waals surface area contributed by atoms with Crippen molar-refractivity contribution in [3.63, 3.8) is 0 Å². The Morgan fingerprint density at radius 3 is 2.50 bits per heavy atom. The molecule has 2 atom stereocenters. The average Bonchev–Trinajstić information content (AvgIpc) is 2.61. The third-order valence-electron chi connectivity index (χ3n) is 4.66. The summed E-state index contributed by atoms with van der Waals surface area (Å²) in [5.74, 6) is -0.866. The van der Waals surface area contributed by atoms with Crippen LogP contribution in [0.3, 0.4) is 0 Å². The van der Waals surface area contributed by atoms with E-state index < -0.39 is 0 Å². The fourth-order valence-electron chi connectivity index (χ4n) is 3.29. The highest BCUT2D eigenvalue weighted by molar-refractivity contribution is 5.95. The van der Waals surface area contributed by atoms with Gasteiger partial charge in [0.05, 0.1) is 6.54 Å². The van der Waals surface area contributed by atoms with E-state index in [1.807, 2.05) is 0 Å². The summed E-state index contributed by atoms with van der Waals surface area (Å²) in [6.07, 6.45) is 1.49. The quantitative estimate of drug-likeness (QED) is 0.857. The first-order valence-electron chi connectivity index (χ1n) is 8.58. The molecule has 1 aliphatic heterocycles. The number of rotatable bonds is 4. The summed E-state index contributed by atoms with van der Waals surface area (Å²) >= 11 is 0. The molecule has 0 saturated carbocycles. The van der Waals surface area contributed by atoms with Crippen molar-refractivity contribution >= 4 is 24.0 Å². The van der Waals surface area contributed by atoms with Crippen LogP contribution in [0.5, 0.6) is 0 Å². The first-order chi connectivity index (χ1) is 12.0. The molecular formula is C20H23ClF2N2O. The van der Waals surface area contributed by atoms with Crippen LogP contribution in [0.2, 0.25) is 0 Å². The Morgan fingerprint density at radius 1 is 1.15 bits per heavy atom. The van der Waals surface area contributed by atoms with Crippen molar-refractivity contribution < 1.29 is 13.6 Å². The highest BCUT2D eigenvalue weighted by atomic mass is 35.5. The second kappa shape index (κ2) is 9.10. The predicted octanol–water partition coefficient (Wildman–Crippen LogP) is 4.31. The number of hydrogen-bond donors (Lipinski definition) is 1. The third kappa shape index (κ3) is 4.80. The maximum absolute atomic E-state index is 14.1. The summed E-state index contributed by atoms with van der Waals surface area (Å²) in [5, 5.41) is 3.33. The minimum absolute atomic E-state index is 0. The minimum atomic E-state index is -0.363. The lowest BCUT2D eigenvalue weighted by molar-refractivity contribution is -0.123. The molecule has 1 N–H and O–H groups in total. The Labute approximate surface area is 158 Å². The van der Waals surface area contributed by atoms with E-state index in [-0.39, 0.29) is 48.5 Å². The minimum Gasteiger partial charge on any atom is -0.314 e. The van der Waals surface area contributed by atoms with Gasteiger partial charge in [-0.3, -0.25) is 4.79 Å². The fourth-order valence-corrected chi connectivity index (χ4v) is 3.29. The second-order valence-corrected chi connectivity index (χ2v) is 6.57. The van der Waals surface area contributed by atoms with Gasteiger partial charge in [-0.15, -0.1) is 12.4 Å². The molecule has 1 fully saturated rings. The van der Waals surface area contributed by atoms with Crippen molar-refractivity contribution in [2.24, 2.45) is 5.92 Å². The van der Waals surface area contributed by atoms with Gasteiger partial charge in [0.25, 0.3) is 0 Å². The highest BCUT2D eigenvalue weighted by Gasteiger charge is 2.29. The van der Waals surface area contributed by atoms with E-state index in [0.717, 1.165) is 19.4 Å². The van der Waals surface area contributed by atoms with Crippen molar-refractivity contribution in [3.05, 3.63) is 65.7 Å².